The van der Waals surface area contributed by atoms with Crippen molar-refractivity contribution in [2.45, 2.75) is 45.4 Å². The molecule has 1 unspecified atom stereocenters. The van der Waals surface area contributed by atoms with Crippen LogP contribution < -0.4 is 4.74 Å². The van der Waals surface area contributed by atoms with Gasteiger partial charge in [-0.05, 0) is 37.1 Å². The van der Waals surface area contributed by atoms with E-state index in [0.29, 0.717) is 35.7 Å². The average molecular weight is 354 g/mol. The van der Waals surface area contributed by atoms with Crippen molar-refractivity contribution in [3.8, 4) is 5.75 Å². The lowest BCUT2D eigenvalue weighted by molar-refractivity contribution is -0.139. The van der Waals surface area contributed by atoms with Gasteiger partial charge < -0.3 is 9.84 Å². The summed E-state index contributed by atoms with van der Waals surface area (Å²) in [6, 6.07) is 14.7. The quantitative estimate of drug-likeness (QED) is 0.405. The van der Waals surface area contributed by atoms with Gasteiger partial charge in [0, 0.05) is 0 Å². The standard InChI is InChI=1S/C21H26N2O3/c1-3-5-6-12-17(21(24)25)16-11-7-8-13-18(16)22-23-19-14-9-10-15-20(19)26-4-2/h7-11,13-15,17H,3-6,12H2,1-2H3,(H,24,25). The first-order chi connectivity index (χ1) is 12.7. The molecule has 0 aliphatic heterocycles. The second-order valence-electron chi connectivity index (χ2n) is 6.05. The van der Waals surface area contributed by atoms with Gasteiger partial charge in [-0.3, -0.25) is 4.79 Å². The lowest BCUT2D eigenvalue weighted by atomic mass is 9.92. The predicted octanol–water partition coefficient (Wildman–Crippen LogP) is 6.25. The summed E-state index contributed by atoms with van der Waals surface area (Å²) in [6.45, 7) is 4.56. The highest BCUT2D eigenvalue weighted by Crippen LogP contribution is 2.34. The Morgan fingerprint density at radius 3 is 2.35 bits per heavy atom. The van der Waals surface area contributed by atoms with Crippen LogP contribution in [-0.2, 0) is 4.79 Å². The van der Waals surface area contributed by atoms with Crippen LogP contribution in [0.2, 0.25) is 0 Å². The van der Waals surface area contributed by atoms with E-state index in [1.807, 2.05) is 49.4 Å². The van der Waals surface area contributed by atoms with E-state index in [-0.39, 0.29) is 0 Å². The fraction of sp³-hybridized carbons (Fsp3) is 0.381. The highest BCUT2D eigenvalue weighted by atomic mass is 16.5. The Morgan fingerprint density at radius 1 is 1.00 bits per heavy atom. The van der Waals surface area contributed by atoms with Gasteiger partial charge in [0.2, 0.25) is 0 Å². The van der Waals surface area contributed by atoms with Crippen LogP contribution in [-0.4, -0.2) is 17.7 Å². The Bertz CT molecular complexity index is 744. The number of carboxylic acids is 1. The summed E-state index contributed by atoms with van der Waals surface area (Å²) in [6.07, 6.45) is 3.56. The Kier molecular flexibility index (Phi) is 7.80. The van der Waals surface area contributed by atoms with E-state index in [1.165, 1.54) is 0 Å². The summed E-state index contributed by atoms with van der Waals surface area (Å²) in [7, 11) is 0. The number of carboxylic acid groups (broad SMARTS) is 1. The molecule has 0 spiro atoms. The van der Waals surface area contributed by atoms with Crippen LogP contribution in [0, 0.1) is 0 Å². The fourth-order valence-electron chi connectivity index (χ4n) is 2.81. The zero-order valence-electron chi connectivity index (χ0n) is 15.4. The first-order valence-electron chi connectivity index (χ1n) is 9.12. The summed E-state index contributed by atoms with van der Waals surface area (Å²) in [5.41, 5.74) is 1.92. The molecule has 2 rings (SSSR count). The first kappa shape index (κ1) is 19.6. The van der Waals surface area contributed by atoms with Crippen molar-refractivity contribution in [2.24, 2.45) is 10.2 Å². The zero-order chi connectivity index (χ0) is 18.8. The van der Waals surface area contributed by atoms with Crippen LogP contribution >= 0.6 is 0 Å². The summed E-state index contributed by atoms with van der Waals surface area (Å²) in [5.74, 6) is -0.730. The van der Waals surface area contributed by atoms with E-state index in [2.05, 4.69) is 17.2 Å². The van der Waals surface area contributed by atoms with Crippen molar-refractivity contribution in [3.05, 3.63) is 54.1 Å². The Hall–Kier alpha value is -2.69. The number of azo groups is 1. The number of para-hydroxylation sites is 1. The number of rotatable bonds is 10. The molecule has 0 bridgehead atoms. The first-order valence-corrected chi connectivity index (χ1v) is 9.12. The van der Waals surface area contributed by atoms with Crippen molar-refractivity contribution in [3.63, 3.8) is 0 Å². The Balaban J connectivity index is 2.29. The number of ether oxygens (including phenoxy) is 1. The molecule has 26 heavy (non-hydrogen) atoms. The molecule has 0 fully saturated rings. The van der Waals surface area contributed by atoms with E-state index < -0.39 is 11.9 Å². The van der Waals surface area contributed by atoms with Gasteiger partial charge in [0.15, 0.2) is 0 Å². The number of unbranched alkanes of at least 4 members (excludes halogenated alkanes) is 2. The SMILES string of the molecule is CCCCCC(C(=O)O)c1ccccc1N=Nc1ccccc1OCC. The normalized spacial score (nSPS) is 12.2. The zero-order valence-corrected chi connectivity index (χ0v) is 15.4. The Morgan fingerprint density at radius 2 is 1.65 bits per heavy atom. The molecular weight excluding hydrogens is 328 g/mol. The van der Waals surface area contributed by atoms with Crippen LogP contribution in [0.4, 0.5) is 11.4 Å². The number of hydrogen-bond acceptors (Lipinski definition) is 4. The van der Waals surface area contributed by atoms with Crippen molar-refractivity contribution in [1.29, 1.82) is 0 Å². The number of nitrogens with zero attached hydrogens (tertiary/aromatic N) is 2. The van der Waals surface area contributed by atoms with Crippen LogP contribution in [0.25, 0.3) is 0 Å². The molecule has 1 atom stereocenters. The lowest BCUT2D eigenvalue weighted by Gasteiger charge is -2.14. The molecular formula is C21H26N2O3. The smallest absolute Gasteiger partial charge is 0.311 e. The maximum atomic E-state index is 11.8. The minimum absolute atomic E-state index is 0.543. The third-order valence-electron chi connectivity index (χ3n) is 4.14. The van der Waals surface area contributed by atoms with Crippen molar-refractivity contribution < 1.29 is 14.6 Å². The molecule has 0 aromatic heterocycles. The van der Waals surface area contributed by atoms with Crippen molar-refractivity contribution in [1.82, 2.24) is 0 Å². The third-order valence-corrected chi connectivity index (χ3v) is 4.14. The van der Waals surface area contributed by atoms with Gasteiger partial charge >= 0.3 is 5.97 Å². The molecule has 0 aliphatic rings. The molecule has 5 heteroatoms. The highest BCUT2D eigenvalue weighted by molar-refractivity contribution is 5.78. The van der Waals surface area contributed by atoms with Crippen LogP contribution in [0.1, 0.15) is 51.0 Å². The predicted molar refractivity (Wildman–Crippen MR) is 103 cm³/mol. The van der Waals surface area contributed by atoms with Gasteiger partial charge in [-0.25, -0.2) is 0 Å². The van der Waals surface area contributed by atoms with Crippen LogP contribution in [0.15, 0.2) is 58.8 Å². The summed E-state index contributed by atoms with van der Waals surface area (Å²) in [5, 5.41) is 18.3. The summed E-state index contributed by atoms with van der Waals surface area (Å²) >= 11 is 0. The number of hydrogen-bond donors (Lipinski definition) is 1. The van der Waals surface area contributed by atoms with Crippen LogP contribution in [0.5, 0.6) is 5.75 Å². The molecule has 2 aromatic rings. The van der Waals surface area contributed by atoms with E-state index in [1.54, 1.807) is 6.07 Å². The lowest BCUT2D eigenvalue weighted by Crippen LogP contribution is -2.11. The maximum absolute atomic E-state index is 11.8. The molecule has 0 heterocycles. The van der Waals surface area contributed by atoms with Gasteiger partial charge in [-0.15, -0.1) is 5.11 Å². The highest BCUT2D eigenvalue weighted by Gasteiger charge is 2.22. The van der Waals surface area contributed by atoms with E-state index >= 15 is 0 Å². The second-order valence-corrected chi connectivity index (χ2v) is 6.05. The van der Waals surface area contributed by atoms with Crippen LogP contribution in [0.3, 0.4) is 0 Å². The number of carbonyl (C=O) groups is 1. The van der Waals surface area contributed by atoms with Crippen molar-refractivity contribution in [2.75, 3.05) is 6.61 Å². The molecule has 5 nitrogen and oxygen atoms in total. The molecule has 138 valence electrons. The van der Waals surface area contributed by atoms with Gasteiger partial charge in [0.25, 0.3) is 0 Å². The van der Waals surface area contributed by atoms with E-state index in [0.717, 1.165) is 19.3 Å². The molecule has 1 N–H and O–H groups in total. The molecule has 0 aliphatic carbocycles. The number of aliphatic carboxylic acids is 1. The molecule has 0 saturated heterocycles. The third kappa shape index (κ3) is 5.41. The van der Waals surface area contributed by atoms with Gasteiger partial charge in [-0.1, -0.05) is 56.5 Å². The monoisotopic (exact) mass is 354 g/mol. The van der Waals surface area contributed by atoms with Gasteiger partial charge in [0.05, 0.1) is 18.2 Å². The average Bonchev–Trinajstić information content (AvgIpc) is 2.65. The molecule has 0 radical (unpaired) electrons. The maximum Gasteiger partial charge on any atom is 0.311 e. The minimum Gasteiger partial charge on any atom is -0.492 e. The Labute approximate surface area is 154 Å². The molecule has 2 aromatic carbocycles. The second kappa shape index (κ2) is 10.3. The largest absolute Gasteiger partial charge is 0.492 e. The van der Waals surface area contributed by atoms with E-state index in [4.69, 9.17) is 4.74 Å². The van der Waals surface area contributed by atoms with Crippen molar-refractivity contribution >= 4 is 17.3 Å². The molecule has 0 amide bonds. The van der Waals surface area contributed by atoms with Gasteiger partial charge in [-0.2, -0.15) is 5.11 Å². The summed E-state index contributed by atoms with van der Waals surface area (Å²) < 4.78 is 5.56. The summed E-state index contributed by atoms with van der Waals surface area (Å²) in [4.78, 5) is 11.8. The number of benzene rings is 2. The fourth-order valence-corrected chi connectivity index (χ4v) is 2.81. The minimum atomic E-state index is -0.821. The van der Waals surface area contributed by atoms with E-state index in [9.17, 15) is 9.90 Å². The topological polar surface area (TPSA) is 71.2 Å². The van der Waals surface area contributed by atoms with Gasteiger partial charge in [0.1, 0.15) is 11.4 Å². The molecule has 0 saturated carbocycles.